The van der Waals surface area contributed by atoms with Crippen molar-refractivity contribution in [2.75, 3.05) is 52.5 Å². The van der Waals surface area contributed by atoms with Crippen LogP contribution < -0.4 is 10.6 Å². The molecule has 1 aliphatic heterocycles. The third-order valence-electron chi connectivity index (χ3n) is 8.89. The standard InChI is InChI=1S/C37H55N5O6/c1-27-16-30(20-38-34(45)25-43)36(47)32(18-27)23-40-10-6-12-41(22-29-8-4-3-5-9-29)14-15-42(13-7-11-40)24-33-19-28(2)17-31(37(33)48)21-39-35(46)26-44/h3-5,8-9,16-19,34-35,38-39,43-48H,6-7,10-15,20-26H2,1-2H3. The largest absolute Gasteiger partial charge is 0.507 e. The molecule has 11 heteroatoms. The van der Waals surface area contributed by atoms with Crippen molar-refractivity contribution in [3.63, 3.8) is 0 Å². The van der Waals surface area contributed by atoms with Crippen molar-refractivity contribution in [2.45, 2.75) is 71.9 Å². The fraction of sp³-hybridized carbons (Fsp3) is 0.514. The predicted octanol–water partition coefficient (Wildman–Crippen LogP) is 2.12. The second-order valence-corrected chi connectivity index (χ2v) is 13.0. The Bertz CT molecular complexity index is 1410. The highest BCUT2D eigenvalue weighted by molar-refractivity contribution is 5.44. The molecule has 4 rings (SSSR count). The Morgan fingerprint density at radius 1 is 0.583 bits per heavy atom. The highest BCUT2D eigenvalue weighted by Gasteiger charge is 2.19. The van der Waals surface area contributed by atoms with Gasteiger partial charge in [-0.1, -0.05) is 65.7 Å². The zero-order valence-corrected chi connectivity index (χ0v) is 28.5. The lowest BCUT2D eigenvalue weighted by atomic mass is 10.0. The van der Waals surface area contributed by atoms with Crippen LogP contribution in [0.2, 0.25) is 0 Å². The Kier molecular flexibility index (Phi) is 15.1. The zero-order chi connectivity index (χ0) is 34.5. The van der Waals surface area contributed by atoms with Crippen LogP contribution in [-0.4, -0.2) is 110 Å². The van der Waals surface area contributed by atoms with E-state index in [9.17, 15) is 30.6 Å². The molecule has 0 bridgehead atoms. The minimum Gasteiger partial charge on any atom is -0.507 e. The molecule has 1 heterocycles. The third-order valence-corrected chi connectivity index (χ3v) is 8.89. The van der Waals surface area contributed by atoms with Gasteiger partial charge in [-0.2, -0.15) is 0 Å². The first-order valence-corrected chi connectivity index (χ1v) is 17.0. The Hall–Kier alpha value is -3.10. The second-order valence-electron chi connectivity index (χ2n) is 13.0. The van der Waals surface area contributed by atoms with Gasteiger partial charge in [0.15, 0.2) is 0 Å². The summed E-state index contributed by atoms with van der Waals surface area (Å²) in [5.41, 5.74) is 6.37. The van der Waals surface area contributed by atoms with Gasteiger partial charge in [-0.05, 0) is 58.4 Å². The first kappa shape index (κ1) is 37.7. The van der Waals surface area contributed by atoms with Crippen molar-refractivity contribution in [1.82, 2.24) is 25.3 Å². The topological polar surface area (TPSA) is 155 Å². The SMILES string of the molecule is Cc1cc(CNC(O)CO)c(O)c(CN2CCCN(Cc3ccccc3)CCN(Cc3cc(C)cc(CNC(O)CO)c3O)CCC2)c1. The lowest BCUT2D eigenvalue weighted by Crippen LogP contribution is -2.36. The van der Waals surface area contributed by atoms with Gasteiger partial charge in [-0.3, -0.25) is 25.3 Å². The quantitative estimate of drug-likeness (QED) is 0.120. The third kappa shape index (κ3) is 11.8. The molecule has 0 aromatic heterocycles. The molecule has 0 amide bonds. The van der Waals surface area contributed by atoms with E-state index in [2.05, 4.69) is 49.6 Å². The summed E-state index contributed by atoms with van der Waals surface area (Å²) in [7, 11) is 0. The number of aliphatic hydroxyl groups excluding tert-OH is 4. The molecule has 0 radical (unpaired) electrons. The molecule has 48 heavy (non-hydrogen) atoms. The summed E-state index contributed by atoms with van der Waals surface area (Å²) in [6.07, 6.45) is -0.218. The molecule has 0 saturated carbocycles. The molecule has 8 N–H and O–H groups in total. The van der Waals surface area contributed by atoms with E-state index in [0.717, 1.165) is 80.9 Å². The van der Waals surface area contributed by atoms with Crippen molar-refractivity contribution in [1.29, 1.82) is 0 Å². The molecule has 0 spiro atoms. The Morgan fingerprint density at radius 2 is 0.979 bits per heavy atom. The fourth-order valence-corrected chi connectivity index (χ4v) is 6.42. The summed E-state index contributed by atoms with van der Waals surface area (Å²) in [5, 5.41) is 66.0. The van der Waals surface area contributed by atoms with Gasteiger partial charge >= 0.3 is 0 Å². The number of hydrogen-bond acceptors (Lipinski definition) is 11. The van der Waals surface area contributed by atoms with E-state index in [-0.39, 0.29) is 24.6 Å². The van der Waals surface area contributed by atoms with Crippen LogP contribution in [0, 0.1) is 13.8 Å². The number of benzene rings is 3. The van der Waals surface area contributed by atoms with Crippen LogP contribution in [-0.2, 0) is 32.7 Å². The maximum absolute atomic E-state index is 11.2. The molecule has 3 aromatic rings. The highest BCUT2D eigenvalue weighted by atomic mass is 16.3. The summed E-state index contributed by atoms with van der Waals surface area (Å²) >= 11 is 0. The maximum atomic E-state index is 11.2. The van der Waals surface area contributed by atoms with Gasteiger partial charge in [0, 0.05) is 68.1 Å². The summed E-state index contributed by atoms with van der Waals surface area (Å²) in [4.78, 5) is 7.29. The zero-order valence-electron chi connectivity index (χ0n) is 28.5. The van der Waals surface area contributed by atoms with E-state index in [1.54, 1.807) is 0 Å². The van der Waals surface area contributed by atoms with Crippen molar-refractivity contribution in [2.24, 2.45) is 0 Å². The van der Waals surface area contributed by atoms with E-state index < -0.39 is 25.7 Å². The lowest BCUT2D eigenvalue weighted by Gasteiger charge is -2.28. The van der Waals surface area contributed by atoms with Gasteiger partial charge in [-0.25, -0.2) is 0 Å². The van der Waals surface area contributed by atoms with Crippen LogP contribution in [0.4, 0.5) is 0 Å². The molecule has 1 saturated heterocycles. The highest BCUT2D eigenvalue weighted by Crippen LogP contribution is 2.28. The minimum absolute atomic E-state index is 0.210. The summed E-state index contributed by atoms with van der Waals surface area (Å²) in [5.74, 6) is 0.425. The van der Waals surface area contributed by atoms with E-state index in [1.807, 2.05) is 44.2 Å². The summed E-state index contributed by atoms with van der Waals surface area (Å²) in [6.45, 7) is 10.9. The lowest BCUT2D eigenvalue weighted by molar-refractivity contribution is 0.0663. The normalized spacial score (nSPS) is 17.2. The Morgan fingerprint density at radius 3 is 1.42 bits per heavy atom. The molecule has 1 fully saturated rings. The second kappa shape index (κ2) is 19.2. The van der Waals surface area contributed by atoms with Crippen LogP contribution in [0.1, 0.15) is 51.8 Å². The first-order chi connectivity index (χ1) is 23.1. The van der Waals surface area contributed by atoms with Crippen LogP contribution in [0.25, 0.3) is 0 Å². The van der Waals surface area contributed by atoms with Gasteiger partial charge in [0.2, 0.25) is 0 Å². The van der Waals surface area contributed by atoms with Crippen molar-refractivity contribution in [3.05, 3.63) is 93.5 Å². The summed E-state index contributed by atoms with van der Waals surface area (Å²) < 4.78 is 0. The molecule has 2 atom stereocenters. The maximum Gasteiger partial charge on any atom is 0.128 e. The van der Waals surface area contributed by atoms with Crippen LogP contribution >= 0.6 is 0 Å². The molecular weight excluding hydrogens is 610 g/mol. The number of nitrogens with zero attached hydrogens (tertiary/aromatic N) is 3. The molecule has 0 aliphatic carbocycles. The molecule has 2 unspecified atom stereocenters. The number of aliphatic hydroxyl groups is 4. The average Bonchev–Trinajstić information content (AvgIpc) is 3.11. The molecule has 264 valence electrons. The van der Waals surface area contributed by atoms with E-state index in [1.165, 1.54) is 5.56 Å². The minimum atomic E-state index is -1.05. The van der Waals surface area contributed by atoms with Gasteiger partial charge < -0.3 is 30.6 Å². The van der Waals surface area contributed by atoms with E-state index >= 15 is 0 Å². The van der Waals surface area contributed by atoms with Crippen LogP contribution in [0.5, 0.6) is 11.5 Å². The summed E-state index contributed by atoms with van der Waals surface area (Å²) in [6, 6.07) is 18.4. The number of aromatic hydroxyl groups is 2. The number of phenols is 2. The Labute approximate surface area is 285 Å². The number of nitrogens with one attached hydrogen (secondary N) is 2. The smallest absolute Gasteiger partial charge is 0.128 e. The van der Waals surface area contributed by atoms with Gasteiger partial charge in [0.1, 0.15) is 24.0 Å². The number of hydrogen-bond donors (Lipinski definition) is 8. The molecular formula is C37H55N5O6. The first-order valence-electron chi connectivity index (χ1n) is 17.0. The Balaban J connectivity index is 1.52. The van der Waals surface area contributed by atoms with Crippen molar-refractivity contribution >= 4 is 0 Å². The van der Waals surface area contributed by atoms with Gasteiger partial charge in [0.05, 0.1) is 13.2 Å². The molecule has 1 aliphatic rings. The fourth-order valence-electron chi connectivity index (χ4n) is 6.42. The molecule has 11 nitrogen and oxygen atoms in total. The van der Waals surface area contributed by atoms with Crippen molar-refractivity contribution < 1.29 is 30.6 Å². The number of phenolic OH excluding ortho intramolecular Hbond substituents is 2. The van der Waals surface area contributed by atoms with Crippen molar-refractivity contribution in [3.8, 4) is 11.5 Å². The average molecular weight is 666 g/mol. The molecule has 3 aromatic carbocycles. The number of rotatable bonds is 14. The van der Waals surface area contributed by atoms with Gasteiger partial charge in [0.25, 0.3) is 0 Å². The van der Waals surface area contributed by atoms with Crippen LogP contribution in [0.15, 0.2) is 54.6 Å². The predicted molar refractivity (Wildman–Crippen MR) is 187 cm³/mol. The van der Waals surface area contributed by atoms with E-state index in [0.29, 0.717) is 24.2 Å². The monoisotopic (exact) mass is 665 g/mol. The van der Waals surface area contributed by atoms with Crippen LogP contribution in [0.3, 0.4) is 0 Å². The van der Waals surface area contributed by atoms with E-state index in [4.69, 9.17) is 0 Å². The number of aryl methyl sites for hydroxylation is 2. The van der Waals surface area contributed by atoms with Gasteiger partial charge in [-0.15, -0.1) is 0 Å².